The summed E-state index contributed by atoms with van der Waals surface area (Å²) in [5.74, 6) is 0. The van der Waals surface area contributed by atoms with Gasteiger partial charge in [0.15, 0.2) is 0 Å². The second kappa shape index (κ2) is 6.19. The van der Waals surface area contributed by atoms with Crippen LogP contribution in [0, 0.1) is 5.41 Å². The van der Waals surface area contributed by atoms with Crippen LogP contribution in [0.5, 0.6) is 0 Å². The molecular weight excluding hydrogens is 208 g/mol. The van der Waals surface area contributed by atoms with Gasteiger partial charge in [-0.25, -0.2) is 0 Å². The third-order valence-electron chi connectivity index (χ3n) is 5.01. The SMILES string of the molecule is CCNC(C)CCN1CCC2(CCCC2)CC1. The minimum atomic E-state index is 0.683. The van der Waals surface area contributed by atoms with Gasteiger partial charge >= 0.3 is 0 Å². The van der Waals surface area contributed by atoms with Crippen molar-refractivity contribution in [2.75, 3.05) is 26.2 Å². The first kappa shape index (κ1) is 13.4. The molecule has 0 aromatic heterocycles. The first-order chi connectivity index (χ1) is 8.24. The quantitative estimate of drug-likeness (QED) is 0.792. The summed E-state index contributed by atoms with van der Waals surface area (Å²) in [6, 6.07) is 0.683. The number of rotatable bonds is 5. The van der Waals surface area contributed by atoms with Gasteiger partial charge < -0.3 is 10.2 Å². The van der Waals surface area contributed by atoms with Crippen LogP contribution < -0.4 is 5.32 Å². The van der Waals surface area contributed by atoms with E-state index >= 15 is 0 Å². The summed E-state index contributed by atoms with van der Waals surface area (Å²) in [7, 11) is 0. The van der Waals surface area contributed by atoms with Crippen molar-refractivity contribution in [2.45, 2.75) is 64.8 Å². The van der Waals surface area contributed by atoms with Gasteiger partial charge in [0.05, 0.1) is 0 Å². The molecule has 1 heterocycles. The fourth-order valence-electron chi connectivity index (χ4n) is 3.70. The predicted molar refractivity (Wildman–Crippen MR) is 74.3 cm³/mol. The molecule has 1 atom stereocenters. The monoisotopic (exact) mass is 238 g/mol. The molecule has 1 N–H and O–H groups in total. The van der Waals surface area contributed by atoms with Crippen molar-refractivity contribution in [3.05, 3.63) is 0 Å². The van der Waals surface area contributed by atoms with E-state index in [1.165, 1.54) is 64.6 Å². The molecule has 1 aliphatic carbocycles. The predicted octanol–water partition coefficient (Wildman–Crippen LogP) is 3.03. The fraction of sp³-hybridized carbons (Fsp3) is 1.00. The highest BCUT2D eigenvalue weighted by molar-refractivity contribution is 4.89. The van der Waals surface area contributed by atoms with Gasteiger partial charge in [-0.05, 0) is 70.6 Å². The smallest absolute Gasteiger partial charge is 0.00507 e. The maximum absolute atomic E-state index is 3.51. The van der Waals surface area contributed by atoms with Crippen molar-refractivity contribution in [2.24, 2.45) is 5.41 Å². The maximum atomic E-state index is 3.51. The Morgan fingerprint density at radius 2 is 1.76 bits per heavy atom. The third-order valence-corrected chi connectivity index (χ3v) is 5.01. The van der Waals surface area contributed by atoms with Crippen LogP contribution >= 0.6 is 0 Å². The molecule has 1 saturated carbocycles. The second-order valence-electron chi connectivity index (χ2n) is 6.30. The Hall–Kier alpha value is -0.0800. The van der Waals surface area contributed by atoms with Crippen molar-refractivity contribution >= 4 is 0 Å². The second-order valence-corrected chi connectivity index (χ2v) is 6.30. The molecule has 2 fully saturated rings. The summed E-state index contributed by atoms with van der Waals surface area (Å²) < 4.78 is 0. The van der Waals surface area contributed by atoms with Crippen LogP contribution in [0.1, 0.15) is 58.8 Å². The van der Waals surface area contributed by atoms with Gasteiger partial charge in [-0.15, -0.1) is 0 Å². The largest absolute Gasteiger partial charge is 0.314 e. The van der Waals surface area contributed by atoms with Crippen LogP contribution in [0.25, 0.3) is 0 Å². The summed E-state index contributed by atoms with van der Waals surface area (Å²) in [5, 5.41) is 3.51. The van der Waals surface area contributed by atoms with Gasteiger partial charge in [-0.1, -0.05) is 19.8 Å². The topological polar surface area (TPSA) is 15.3 Å². The van der Waals surface area contributed by atoms with Gasteiger partial charge in [0.2, 0.25) is 0 Å². The zero-order chi connectivity index (χ0) is 12.1. The zero-order valence-corrected chi connectivity index (χ0v) is 11.8. The van der Waals surface area contributed by atoms with E-state index in [0.29, 0.717) is 6.04 Å². The Bertz CT molecular complexity index is 211. The van der Waals surface area contributed by atoms with Crippen LogP contribution in [0.3, 0.4) is 0 Å². The van der Waals surface area contributed by atoms with E-state index in [1.807, 2.05) is 0 Å². The maximum Gasteiger partial charge on any atom is 0.00507 e. The lowest BCUT2D eigenvalue weighted by Crippen LogP contribution is -2.41. The Morgan fingerprint density at radius 3 is 2.35 bits per heavy atom. The number of nitrogens with zero attached hydrogens (tertiary/aromatic N) is 1. The van der Waals surface area contributed by atoms with Gasteiger partial charge in [-0.2, -0.15) is 0 Å². The molecule has 17 heavy (non-hydrogen) atoms. The minimum Gasteiger partial charge on any atom is -0.314 e. The number of nitrogens with one attached hydrogen (secondary N) is 1. The first-order valence-electron chi connectivity index (χ1n) is 7.70. The molecule has 0 amide bonds. The molecule has 2 aliphatic rings. The average molecular weight is 238 g/mol. The van der Waals surface area contributed by atoms with Crippen LogP contribution in [0.4, 0.5) is 0 Å². The molecule has 1 unspecified atom stereocenters. The molecule has 0 radical (unpaired) electrons. The highest BCUT2D eigenvalue weighted by Crippen LogP contribution is 2.46. The summed E-state index contributed by atoms with van der Waals surface area (Å²) in [6.45, 7) is 9.62. The van der Waals surface area contributed by atoms with Crippen LogP contribution in [-0.4, -0.2) is 37.1 Å². The number of hydrogen-bond acceptors (Lipinski definition) is 2. The molecule has 0 aromatic rings. The Morgan fingerprint density at radius 1 is 1.12 bits per heavy atom. The molecule has 1 aliphatic heterocycles. The molecular formula is C15H30N2. The van der Waals surface area contributed by atoms with Crippen molar-refractivity contribution in [3.8, 4) is 0 Å². The van der Waals surface area contributed by atoms with E-state index in [0.717, 1.165) is 12.0 Å². The van der Waals surface area contributed by atoms with Gasteiger partial charge in [0.1, 0.15) is 0 Å². The highest BCUT2D eigenvalue weighted by Gasteiger charge is 2.36. The lowest BCUT2D eigenvalue weighted by molar-refractivity contribution is 0.106. The lowest BCUT2D eigenvalue weighted by atomic mass is 9.77. The van der Waals surface area contributed by atoms with E-state index < -0.39 is 0 Å². The molecule has 100 valence electrons. The van der Waals surface area contributed by atoms with Gasteiger partial charge in [-0.3, -0.25) is 0 Å². The van der Waals surface area contributed by atoms with Gasteiger partial charge in [0.25, 0.3) is 0 Å². The Kier molecular flexibility index (Phi) is 4.87. The Balaban J connectivity index is 1.65. The highest BCUT2D eigenvalue weighted by atomic mass is 15.1. The fourth-order valence-corrected chi connectivity index (χ4v) is 3.70. The van der Waals surface area contributed by atoms with Crippen molar-refractivity contribution < 1.29 is 0 Å². The molecule has 2 nitrogen and oxygen atoms in total. The van der Waals surface area contributed by atoms with Crippen LogP contribution in [0.2, 0.25) is 0 Å². The van der Waals surface area contributed by atoms with E-state index in [-0.39, 0.29) is 0 Å². The Labute approximate surface area is 107 Å². The third kappa shape index (κ3) is 3.69. The number of hydrogen-bond donors (Lipinski definition) is 1. The molecule has 1 spiro atoms. The van der Waals surface area contributed by atoms with Crippen molar-refractivity contribution in [1.82, 2.24) is 10.2 Å². The van der Waals surface area contributed by atoms with Crippen LogP contribution in [-0.2, 0) is 0 Å². The van der Waals surface area contributed by atoms with Crippen LogP contribution in [0.15, 0.2) is 0 Å². The number of piperidine rings is 1. The molecule has 0 bridgehead atoms. The summed E-state index contributed by atoms with van der Waals surface area (Å²) >= 11 is 0. The molecule has 2 rings (SSSR count). The summed E-state index contributed by atoms with van der Waals surface area (Å²) in [4.78, 5) is 2.69. The van der Waals surface area contributed by atoms with Crippen molar-refractivity contribution in [3.63, 3.8) is 0 Å². The lowest BCUT2D eigenvalue weighted by Gasteiger charge is -2.39. The molecule has 0 aromatic carbocycles. The van der Waals surface area contributed by atoms with E-state index in [1.54, 1.807) is 0 Å². The summed E-state index contributed by atoms with van der Waals surface area (Å²) in [6.07, 6.45) is 10.3. The standard InChI is InChI=1S/C15H30N2/c1-3-16-14(2)6-11-17-12-9-15(10-13-17)7-4-5-8-15/h14,16H,3-13H2,1-2H3. The van der Waals surface area contributed by atoms with Gasteiger partial charge in [0, 0.05) is 6.04 Å². The summed E-state index contributed by atoms with van der Waals surface area (Å²) in [5.41, 5.74) is 0.782. The van der Waals surface area contributed by atoms with E-state index in [4.69, 9.17) is 0 Å². The van der Waals surface area contributed by atoms with E-state index in [9.17, 15) is 0 Å². The zero-order valence-electron chi connectivity index (χ0n) is 11.8. The van der Waals surface area contributed by atoms with E-state index in [2.05, 4.69) is 24.1 Å². The molecule has 1 saturated heterocycles. The molecule has 2 heteroatoms. The normalized spacial score (nSPS) is 26.5. The first-order valence-corrected chi connectivity index (χ1v) is 7.70. The average Bonchev–Trinajstić information content (AvgIpc) is 2.78. The minimum absolute atomic E-state index is 0.683. The number of likely N-dealkylation sites (tertiary alicyclic amines) is 1. The van der Waals surface area contributed by atoms with Crippen molar-refractivity contribution in [1.29, 1.82) is 0 Å².